The summed E-state index contributed by atoms with van der Waals surface area (Å²) in [6, 6.07) is 0. The Bertz CT molecular complexity index is 515. The molecule has 5 heteroatoms. The number of hydrogen-bond acceptors (Lipinski definition) is 3. The molecular weight excluding hydrogens is 225 g/mol. The van der Waals surface area contributed by atoms with Crippen LogP contribution in [0.5, 0.6) is 0 Å². The van der Waals surface area contributed by atoms with Gasteiger partial charge in [-0.1, -0.05) is 26.1 Å². The molecule has 0 radical (unpaired) electrons. The first kappa shape index (κ1) is 12.7. The lowest BCUT2D eigenvalue weighted by Gasteiger charge is -2.25. The van der Waals surface area contributed by atoms with Crippen LogP contribution in [0, 0.1) is 11.2 Å². The van der Waals surface area contributed by atoms with Crippen molar-refractivity contribution >= 4 is 18.9 Å². The summed E-state index contributed by atoms with van der Waals surface area (Å²) >= 11 is 0. The summed E-state index contributed by atoms with van der Waals surface area (Å²) < 4.78 is 7.73. The summed E-state index contributed by atoms with van der Waals surface area (Å²) in [5.41, 5.74) is 2.83. The predicted octanol–water partition coefficient (Wildman–Crippen LogP) is 2.43. The molecular formula is C13H16BN3O. The minimum atomic E-state index is -0.0809. The Morgan fingerprint density at radius 3 is 3.00 bits per heavy atom. The molecule has 0 aromatic carbocycles. The Morgan fingerprint density at radius 2 is 2.39 bits per heavy atom. The largest absolute Gasteiger partial charge is 0.371 e. The highest BCUT2D eigenvalue weighted by Crippen LogP contribution is 2.32. The van der Waals surface area contributed by atoms with Gasteiger partial charge < -0.3 is 4.74 Å². The van der Waals surface area contributed by atoms with Gasteiger partial charge in [-0.25, -0.2) is 5.26 Å². The molecule has 4 nitrogen and oxygen atoms in total. The molecule has 1 aliphatic heterocycles. The fourth-order valence-corrected chi connectivity index (χ4v) is 2.29. The summed E-state index contributed by atoms with van der Waals surface area (Å²) in [6.45, 7) is 10.8. The maximum absolute atomic E-state index is 8.93. The highest BCUT2D eigenvalue weighted by molar-refractivity contribution is 6.65. The molecule has 0 bridgehead atoms. The summed E-state index contributed by atoms with van der Waals surface area (Å²) in [5, 5.41) is 13.4. The summed E-state index contributed by atoms with van der Waals surface area (Å²) in [6.07, 6.45) is 4.11. The van der Waals surface area contributed by atoms with Crippen molar-refractivity contribution in [2.24, 2.45) is 0 Å². The molecule has 2 heterocycles. The molecule has 0 spiro atoms. The lowest BCUT2D eigenvalue weighted by molar-refractivity contribution is 0.0285. The van der Waals surface area contributed by atoms with E-state index in [1.165, 1.54) is 0 Å². The first-order valence-corrected chi connectivity index (χ1v) is 6.08. The van der Waals surface area contributed by atoms with Crippen LogP contribution in [-0.4, -0.2) is 23.1 Å². The molecule has 0 saturated heterocycles. The molecule has 1 atom stereocenters. The quantitative estimate of drug-likeness (QED) is 0.760. The zero-order chi connectivity index (χ0) is 13.1. The van der Waals surface area contributed by atoms with Gasteiger partial charge in [-0.2, -0.15) is 5.10 Å². The van der Waals surface area contributed by atoms with Crippen molar-refractivity contribution in [3.63, 3.8) is 0 Å². The van der Waals surface area contributed by atoms with Crippen molar-refractivity contribution in [2.75, 3.05) is 6.61 Å². The van der Waals surface area contributed by atoms with E-state index in [0.29, 0.717) is 12.9 Å². The third-order valence-electron chi connectivity index (χ3n) is 3.17. The van der Waals surface area contributed by atoms with Gasteiger partial charge in [-0.3, -0.25) is 4.68 Å². The molecule has 0 fully saturated rings. The predicted molar refractivity (Wildman–Crippen MR) is 73.1 cm³/mol. The number of nitriles is 1. The standard InChI is InChI=1S/C13H16BN3O/c1-4-10-11(5-2)16-17-6-7-18-12(13(10)17)8-14(3)9-15/h4-5,12H,1-2,6-8H2,3H3. The third kappa shape index (κ3) is 2.12. The first-order valence-electron chi connectivity index (χ1n) is 6.08. The van der Waals surface area contributed by atoms with E-state index >= 15 is 0 Å². The van der Waals surface area contributed by atoms with Gasteiger partial charge in [0.15, 0.2) is 0 Å². The highest BCUT2D eigenvalue weighted by atomic mass is 16.5. The fraction of sp³-hybridized carbons (Fsp3) is 0.385. The van der Waals surface area contributed by atoms with Crippen molar-refractivity contribution in [2.45, 2.75) is 25.8 Å². The Balaban J connectivity index is 2.41. The normalized spacial score (nSPS) is 17.7. The molecule has 0 aliphatic carbocycles. The van der Waals surface area contributed by atoms with Crippen LogP contribution in [0.15, 0.2) is 13.2 Å². The van der Waals surface area contributed by atoms with Gasteiger partial charge in [-0.15, -0.1) is 0 Å². The van der Waals surface area contributed by atoms with Crippen LogP contribution in [0.1, 0.15) is 23.1 Å². The lowest BCUT2D eigenvalue weighted by atomic mass is 9.50. The smallest absolute Gasteiger partial charge is 0.267 e. The Hall–Kier alpha value is -1.80. The van der Waals surface area contributed by atoms with Gasteiger partial charge in [-0.05, 0) is 12.4 Å². The fourth-order valence-electron chi connectivity index (χ4n) is 2.29. The van der Waals surface area contributed by atoms with E-state index in [1.54, 1.807) is 12.2 Å². The molecule has 1 aromatic heterocycles. The van der Waals surface area contributed by atoms with Crippen molar-refractivity contribution in [1.82, 2.24) is 9.78 Å². The molecule has 92 valence electrons. The maximum Gasteiger partial charge on any atom is 0.267 e. The molecule has 0 amide bonds. The Morgan fingerprint density at radius 1 is 1.61 bits per heavy atom. The van der Waals surface area contributed by atoms with Crippen LogP contribution >= 0.6 is 0 Å². The van der Waals surface area contributed by atoms with E-state index in [-0.39, 0.29) is 12.8 Å². The average Bonchev–Trinajstić information content (AvgIpc) is 2.77. The van der Waals surface area contributed by atoms with Crippen LogP contribution in [0.4, 0.5) is 0 Å². The van der Waals surface area contributed by atoms with Crippen LogP contribution in [-0.2, 0) is 11.3 Å². The van der Waals surface area contributed by atoms with Crippen LogP contribution in [0.25, 0.3) is 12.2 Å². The van der Waals surface area contributed by atoms with Gasteiger partial charge in [0.2, 0.25) is 0 Å². The minimum Gasteiger partial charge on any atom is -0.371 e. The van der Waals surface area contributed by atoms with Crippen molar-refractivity contribution in [3.8, 4) is 5.97 Å². The van der Waals surface area contributed by atoms with Gasteiger partial charge >= 0.3 is 0 Å². The second-order valence-electron chi connectivity index (χ2n) is 4.44. The Kier molecular flexibility index (Phi) is 3.68. The zero-order valence-corrected chi connectivity index (χ0v) is 10.6. The van der Waals surface area contributed by atoms with Crippen LogP contribution < -0.4 is 0 Å². The number of rotatable bonds is 4. The number of hydrogen-bond donors (Lipinski definition) is 0. The molecule has 1 aliphatic rings. The summed E-state index contributed by atoms with van der Waals surface area (Å²) in [5.74, 6) is 2.25. The third-order valence-corrected chi connectivity index (χ3v) is 3.17. The molecule has 1 aromatic rings. The molecule has 0 saturated carbocycles. The number of ether oxygens (including phenoxy) is 1. The molecule has 0 N–H and O–H groups in total. The van der Waals surface area contributed by atoms with Crippen molar-refractivity contribution in [3.05, 3.63) is 30.1 Å². The zero-order valence-electron chi connectivity index (χ0n) is 10.6. The Labute approximate surface area is 108 Å². The topological polar surface area (TPSA) is 50.8 Å². The molecule has 18 heavy (non-hydrogen) atoms. The minimum absolute atomic E-state index is 0.0405. The van der Waals surface area contributed by atoms with E-state index in [4.69, 9.17) is 10.00 Å². The highest BCUT2D eigenvalue weighted by Gasteiger charge is 2.29. The molecule has 2 rings (SSSR count). The summed E-state index contributed by atoms with van der Waals surface area (Å²) in [7, 11) is 0. The van der Waals surface area contributed by atoms with Gasteiger partial charge in [0.25, 0.3) is 6.71 Å². The van der Waals surface area contributed by atoms with Gasteiger partial charge in [0.05, 0.1) is 30.6 Å². The van der Waals surface area contributed by atoms with E-state index in [0.717, 1.165) is 23.5 Å². The number of fused-ring (bicyclic) bond motifs is 1. The van der Waals surface area contributed by atoms with Gasteiger partial charge in [0.1, 0.15) is 0 Å². The van der Waals surface area contributed by atoms with Crippen LogP contribution in [0.3, 0.4) is 0 Å². The monoisotopic (exact) mass is 241 g/mol. The maximum atomic E-state index is 8.93. The van der Waals surface area contributed by atoms with Gasteiger partial charge in [0, 0.05) is 11.5 Å². The van der Waals surface area contributed by atoms with E-state index in [9.17, 15) is 0 Å². The van der Waals surface area contributed by atoms with Crippen molar-refractivity contribution < 1.29 is 4.74 Å². The first-order chi connectivity index (χ1) is 8.71. The van der Waals surface area contributed by atoms with E-state index in [1.807, 2.05) is 11.5 Å². The second-order valence-corrected chi connectivity index (χ2v) is 4.44. The van der Waals surface area contributed by atoms with E-state index < -0.39 is 0 Å². The SMILES string of the molecule is C=Cc1nn2c(c1C=C)C(CB(C)C#N)OCC2. The van der Waals surface area contributed by atoms with Crippen LogP contribution in [0.2, 0.25) is 13.1 Å². The average molecular weight is 241 g/mol. The second kappa shape index (κ2) is 5.24. The number of aromatic nitrogens is 2. The lowest BCUT2D eigenvalue weighted by Crippen LogP contribution is -2.25. The van der Waals surface area contributed by atoms with E-state index in [2.05, 4.69) is 24.2 Å². The van der Waals surface area contributed by atoms with Crippen molar-refractivity contribution in [1.29, 1.82) is 5.26 Å². The summed E-state index contributed by atoms with van der Waals surface area (Å²) in [4.78, 5) is 0. The number of nitrogens with zero attached hydrogens (tertiary/aromatic N) is 3. The molecule has 1 unspecified atom stereocenters.